The third-order valence-electron chi connectivity index (χ3n) is 12.6. The number of likely N-dealkylation sites (tertiary alicyclic amines) is 1. The zero-order valence-corrected chi connectivity index (χ0v) is 28.6. The summed E-state index contributed by atoms with van der Waals surface area (Å²) in [4.78, 5) is 19.3. The van der Waals surface area contributed by atoms with Crippen LogP contribution in [0, 0.1) is 11.8 Å². The average Bonchev–Trinajstić information content (AvgIpc) is 3.70. The number of carbonyl (C=O) groups excluding carboxylic acids is 1. The molecule has 6 nitrogen and oxygen atoms in total. The first kappa shape index (κ1) is 31.9. The topological polar surface area (TPSA) is 62.2 Å². The molecule has 3 aromatic rings. The van der Waals surface area contributed by atoms with Gasteiger partial charge in [0, 0.05) is 42.4 Å². The van der Waals surface area contributed by atoms with Gasteiger partial charge in [-0.2, -0.15) is 0 Å². The highest BCUT2D eigenvalue weighted by Gasteiger charge is 2.67. The number of aliphatic hydroxyl groups excluding tert-OH is 1. The molecule has 7 atom stereocenters. The molecule has 6 heteroatoms. The fourth-order valence-corrected chi connectivity index (χ4v) is 10.2. The molecule has 48 heavy (non-hydrogen) atoms. The van der Waals surface area contributed by atoms with Crippen LogP contribution in [0.25, 0.3) is 0 Å². The molecule has 254 valence electrons. The van der Waals surface area contributed by atoms with Gasteiger partial charge >= 0.3 is 0 Å². The van der Waals surface area contributed by atoms with Crippen molar-refractivity contribution in [1.29, 1.82) is 0 Å². The van der Waals surface area contributed by atoms with Crippen LogP contribution in [0.3, 0.4) is 0 Å². The molecule has 1 amide bonds. The SMILES string of the molecule is COc1ccc2c3c1O[C@H]1[C@H](N(CCCc4ccccc4)C(=O)CCCCCc4ccccc4)CC[C@H]4[C@@H](C2)N(CC2CC2O)CC[C@@]341. The van der Waals surface area contributed by atoms with Crippen LogP contribution in [0.5, 0.6) is 11.5 Å². The molecule has 2 bridgehead atoms. The maximum absolute atomic E-state index is 14.4. The minimum Gasteiger partial charge on any atom is -0.493 e. The summed E-state index contributed by atoms with van der Waals surface area (Å²) in [6.45, 7) is 2.79. The number of amides is 1. The summed E-state index contributed by atoms with van der Waals surface area (Å²) in [6.07, 6.45) is 11.6. The van der Waals surface area contributed by atoms with Crippen LogP contribution in [-0.2, 0) is 29.5 Å². The molecule has 2 aliphatic heterocycles. The van der Waals surface area contributed by atoms with E-state index in [4.69, 9.17) is 9.47 Å². The van der Waals surface area contributed by atoms with E-state index in [-0.39, 0.29) is 23.7 Å². The first-order chi connectivity index (χ1) is 23.6. The Bertz CT molecular complexity index is 1580. The lowest BCUT2D eigenvalue weighted by atomic mass is 9.51. The second kappa shape index (κ2) is 13.5. The second-order valence-electron chi connectivity index (χ2n) is 15.3. The molecular formula is C42H52N2O4. The first-order valence-electron chi connectivity index (χ1n) is 18.7. The molecule has 2 unspecified atom stereocenters. The molecule has 1 saturated heterocycles. The molecule has 1 spiro atoms. The molecule has 1 N–H and O–H groups in total. The van der Waals surface area contributed by atoms with Gasteiger partial charge in [-0.3, -0.25) is 9.69 Å². The number of piperidine rings is 1. The number of benzene rings is 3. The Morgan fingerprint density at radius 3 is 2.40 bits per heavy atom. The molecule has 5 aliphatic rings. The fraction of sp³-hybridized carbons (Fsp3) is 0.548. The molecule has 8 rings (SSSR count). The third-order valence-corrected chi connectivity index (χ3v) is 12.6. The van der Waals surface area contributed by atoms with Gasteiger partial charge in [-0.05, 0) is 99.4 Å². The summed E-state index contributed by atoms with van der Waals surface area (Å²) in [5, 5.41) is 10.2. The highest BCUT2D eigenvalue weighted by atomic mass is 16.5. The zero-order chi connectivity index (χ0) is 32.7. The van der Waals surface area contributed by atoms with E-state index in [1.165, 1.54) is 22.3 Å². The fourth-order valence-electron chi connectivity index (χ4n) is 10.2. The van der Waals surface area contributed by atoms with Gasteiger partial charge in [0.15, 0.2) is 11.5 Å². The molecule has 3 aromatic carbocycles. The summed E-state index contributed by atoms with van der Waals surface area (Å²) in [5.74, 6) is 2.98. The average molecular weight is 649 g/mol. The number of rotatable bonds is 14. The number of methoxy groups -OCH3 is 1. The number of unbranched alkanes of at least 4 members (excludes halogenated alkanes) is 2. The van der Waals surface area contributed by atoms with Crippen molar-refractivity contribution in [2.45, 2.75) is 107 Å². The van der Waals surface area contributed by atoms with E-state index in [1.807, 2.05) is 0 Å². The van der Waals surface area contributed by atoms with Gasteiger partial charge in [-0.25, -0.2) is 0 Å². The number of nitrogens with zero attached hydrogens (tertiary/aromatic N) is 2. The molecule has 2 heterocycles. The Balaban J connectivity index is 1.05. The van der Waals surface area contributed by atoms with Crippen molar-refractivity contribution in [2.75, 3.05) is 26.7 Å². The van der Waals surface area contributed by atoms with Crippen LogP contribution in [0.2, 0.25) is 0 Å². The second-order valence-corrected chi connectivity index (χ2v) is 15.3. The van der Waals surface area contributed by atoms with Gasteiger partial charge in [0.05, 0.1) is 19.3 Å². The van der Waals surface area contributed by atoms with E-state index in [2.05, 4.69) is 82.6 Å². The van der Waals surface area contributed by atoms with Gasteiger partial charge in [0.2, 0.25) is 5.91 Å². The minimum atomic E-state index is -0.125. The minimum absolute atomic E-state index is 0.0503. The number of ether oxygens (including phenoxy) is 2. The normalized spacial score (nSPS) is 29.5. The predicted octanol–water partition coefficient (Wildman–Crippen LogP) is 6.75. The standard InChI is InChI=1S/C42H52N2O4/c1-47-37-22-19-31-26-35-33-20-21-34(41-42(33,39(31)40(37)48-41)23-25-43(35)28-32-27-36(32)45)44(24-11-17-30-15-7-3-8-16-30)38(46)18-10-4-9-14-29-12-5-2-6-13-29/h2-3,5-8,12-13,15-16,19,22,32-36,41,45H,4,9-11,14,17-18,20-21,23-28H2,1H3/t32?,33-,34+,35+,36?,41-,42-/m0/s1. The Morgan fingerprint density at radius 2 is 1.69 bits per heavy atom. The number of hydrogen-bond acceptors (Lipinski definition) is 5. The quantitative estimate of drug-likeness (QED) is 0.196. The van der Waals surface area contributed by atoms with Crippen molar-refractivity contribution in [3.63, 3.8) is 0 Å². The number of carbonyl (C=O) groups is 1. The van der Waals surface area contributed by atoms with Crippen LogP contribution >= 0.6 is 0 Å². The van der Waals surface area contributed by atoms with Gasteiger partial charge in [-0.1, -0.05) is 73.2 Å². The molecular weight excluding hydrogens is 596 g/mol. The van der Waals surface area contributed by atoms with E-state index < -0.39 is 0 Å². The van der Waals surface area contributed by atoms with Crippen molar-refractivity contribution in [2.24, 2.45) is 11.8 Å². The van der Waals surface area contributed by atoms with Crippen LogP contribution < -0.4 is 9.47 Å². The van der Waals surface area contributed by atoms with Gasteiger partial charge in [0.25, 0.3) is 0 Å². The van der Waals surface area contributed by atoms with Crippen molar-refractivity contribution >= 4 is 5.91 Å². The summed E-state index contributed by atoms with van der Waals surface area (Å²) < 4.78 is 13.1. The molecule has 2 saturated carbocycles. The van der Waals surface area contributed by atoms with E-state index in [0.29, 0.717) is 30.2 Å². The van der Waals surface area contributed by atoms with Gasteiger partial charge in [-0.15, -0.1) is 0 Å². The molecule has 0 aromatic heterocycles. The third kappa shape index (κ3) is 5.83. The summed E-state index contributed by atoms with van der Waals surface area (Å²) in [5.41, 5.74) is 5.39. The zero-order valence-electron chi connectivity index (χ0n) is 28.6. The Hall–Kier alpha value is -3.35. The van der Waals surface area contributed by atoms with Crippen LogP contribution in [0.4, 0.5) is 0 Å². The summed E-state index contributed by atoms with van der Waals surface area (Å²) in [6, 6.07) is 26.3. The molecule has 3 fully saturated rings. The lowest BCUT2D eigenvalue weighted by molar-refractivity contribution is -0.143. The van der Waals surface area contributed by atoms with Crippen molar-refractivity contribution in [1.82, 2.24) is 9.80 Å². The van der Waals surface area contributed by atoms with E-state index in [1.54, 1.807) is 7.11 Å². The lowest BCUT2D eigenvalue weighted by Crippen LogP contribution is -2.69. The van der Waals surface area contributed by atoms with Crippen molar-refractivity contribution < 1.29 is 19.4 Å². The van der Waals surface area contributed by atoms with E-state index >= 15 is 0 Å². The first-order valence-corrected chi connectivity index (χ1v) is 18.7. The Labute approximate surface area is 286 Å². The maximum atomic E-state index is 14.4. The molecule has 3 aliphatic carbocycles. The smallest absolute Gasteiger partial charge is 0.222 e. The van der Waals surface area contributed by atoms with Crippen LogP contribution in [-0.4, -0.2) is 71.8 Å². The number of hydrogen-bond donors (Lipinski definition) is 1. The number of aliphatic hydroxyl groups is 1. The van der Waals surface area contributed by atoms with Gasteiger partial charge in [0.1, 0.15) is 6.10 Å². The van der Waals surface area contributed by atoms with Crippen molar-refractivity contribution in [3.05, 3.63) is 95.1 Å². The van der Waals surface area contributed by atoms with E-state index in [9.17, 15) is 9.90 Å². The Morgan fingerprint density at radius 1 is 0.958 bits per heavy atom. The van der Waals surface area contributed by atoms with Crippen molar-refractivity contribution in [3.8, 4) is 11.5 Å². The van der Waals surface area contributed by atoms with Crippen LogP contribution in [0.15, 0.2) is 72.8 Å². The summed E-state index contributed by atoms with van der Waals surface area (Å²) >= 11 is 0. The number of aryl methyl sites for hydroxylation is 2. The van der Waals surface area contributed by atoms with Gasteiger partial charge < -0.3 is 19.5 Å². The van der Waals surface area contributed by atoms with E-state index in [0.717, 1.165) is 102 Å². The predicted molar refractivity (Wildman–Crippen MR) is 188 cm³/mol. The lowest BCUT2D eigenvalue weighted by Gasteiger charge is -2.60. The summed E-state index contributed by atoms with van der Waals surface area (Å²) in [7, 11) is 1.75. The highest BCUT2D eigenvalue weighted by Crippen LogP contribution is 2.64. The Kier molecular flexibility index (Phi) is 8.98. The monoisotopic (exact) mass is 648 g/mol. The van der Waals surface area contributed by atoms with Crippen LogP contribution in [0.1, 0.15) is 80.0 Å². The largest absolute Gasteiger partial charge is 0.493 e. The molecule has 0 radical (unpaired) electrons. The highest BCUT2D eigenvalue weighted by molar-refractivity contribution is 5.77. The maximum Gasteiger partial charge on any atom is 0.222 e.